The third-order valence-corrected chi connectivity index (χ3v) is 4.73. The molecule has 6 heteroatoms. The van der Waals surface area contributed by atoms with Crippen molar-refractivity contribution < 1.29 is 4.79 Å². The largest absolute Gasteiger partial charge is 0.373 e. The lowest BCUT2D eigenvalue weighted by Crippen LogP contribution is -2.47. The molecule has 0 radical (unpaired) electrons. The first-order valence-corrected chi connectivity index (χ1v) is 7.77. The van der Waals surface area contributed by atoms with Crippen LogP contribution in [0.15, 0.2) is 16.2 Å². The maximum absolute atomic E-state index is 11.7. The Balaban J connectivity index is 1.62. The first kappa shape index (κ1) is 13.9. The summed E-state index contributed by atoms with van der Waals surface area (Å²) in [6.45, 7) is 4.52. The summed E-state index contributed by atoms with van der Waals surface area (Å²) in [5, 5.41) is 7.73. The minimum atomic E-state index is 0.140. The molecule has 2 fully saturated rings. The van der Waals surface area contributed by atoms with Gasteiger partial charge < -0.3 is 15.5 Å². The van der Waals surface area contributed by atoms with E-state index in [2.05, 4.69) is 15.6 Å². The van der Waals surface area contributed by atoms with Gasteiger partial charge >= 0.3 is 0 Å². The zero-order valence-electron chi connectivity index (χ0n) is 11.7. The van der Waals surface area contributed by atoms with Crippen molar-refractivity contribution in [2.24, 2.45) is 10.9 Å². The second-order valence-corrected chi connectivity index (χ2v) is 6.11. The fourth-order valence-electron chi connectivity index (χ4n) is 3.29. The van der Waals surface area contributed by atoms with E-state index in [1.807, 2.05) is 11.8 Å². The molecule has 1 amide bonds. The summed E-state index contributed by atoms with van der Waals surface area (Å²) in [7, 11) is 0. The third kappa shape index (κ3) is 2.56. The van der Waals surface area contributed by atoms with Crippen LogP contribution in [0, 0.1) is 5.92 Å². The Morgan fingerprint density at radius 1 is 1.60 bits per heavy atom. The van der Waals surface area contributed by atoms with Crippen molar-refractivity contribution in [1.82, 2.24) is 15.5 Å². The zero-order chi connectivity index (χ0) is 14.1. The maximum Gasteiger partial charge on any atom is 0.222 e. The highest BCUT2D eigenvalue weighted by molar-refractivity contribution is 6.30. The van der Waals surface area contributed by atoms with Gasteiger partial charge in [-0.25, -0.2) is 4.99 Å². The second-order valence-electron chi connectivity index (χ2n) is 5.67. The Morgan fingerprint density at radius 3 is 3.25 bits per heavy atom. The zero-order valence-corrected chi connectivity index (χ0v) is 12.5. The maximum atomic E-state index is 11.7. The van der Waals surface area contributed by atoms with Crippen LogP contribution in [0.4, 0.5) is 0 Å². The number of amidine groups is 1. The third-order valence-electron chi connectivity index (χ3n) is 4.40. The highest BCUT2D eigenvalue weighted by atomic mass is 35.5. The Labute approximate surface area is 124 Å². The molecule has 3 heterocycles. The van der Waals surface area contributed by atoms with E-state index in [9.17, 15) is 4.79 Å². The van der Waals surface area contributed by atoms with E-state index in [1.165, 1.54) is 0 Å². The quantitative estimate of drug-likeness (QED) is 0.819. The number of carbonyl (C=O) groups excluding carboxylic acids is 1. The van der Waals surface area contributed by atoms with Gasteiger partial charge in [-0.05, 0) is 12.8 Å². The number of amides is 1. The molecule has 0 aromatic carbocycles. The predicted octanol–water partition coefficient (Wildman–Crippen LogP) is 1.06. The summed E-state index contributed by atoms with van der Waals surface area (Å²) in [4.78, 5) is 18.0. The monoisotopic (exact) mass is 296 g/mol. The van der Waals surface area contributed by atoms with Crippen molar-refractivity contribution in [2.45, 2.75) is 38.3 Å². The molecule has 2 unspecified atom stereocenters. The molecular weight excluding hydrogens is 276 g/mol. The molecular formula is C14H21ClN4O. The van der Waals surface area contributed by atoms with E-state index in [0.29, 0.717) is 18.4 Å². The van der Waals surface area contributed by atoms with Crippen LogP contribution >= 0.6 is 11.6 Å². The molecule has 0 spiro atoms. The lowest BCUT2D eigenvalue weighted by molar-refractivity contribution is -0.129. The molecule has 0 aromatic heterocycles. The molecule has 0 bridgehead atoms. The predicted molar refractivity (Wildman–Crippen MR) is 79.7 cm³/mol. The first-order valence-electron chi connectivity index (χ1n) is 7.40. The van der Waals surface area contributed by atoms with Crippen LogP contribution in [0.2, 0.25) is 0 Å². The van der Waals surface area contributed by atoms with Crippen LogP contribution in [0.3, 0.4) is 0 Å². The van der Waals surface area contributed by atoms with Crippen molar-refractivity contribution in [3.8, 4) is 0 Å². The van der Waals surface area contributed by atoms with Crippen molar-refractivity contribution in [2.75, 3.05) is 19.6 Å². The van der Waals surface area contributed by atoms with E-state index in [1.54, 1.807) is 6.20 Å². The molecule has 3 rings (SSSR count). The van der Waals surface area contributed by atoms with Gasteiger partial charge in [0.25, 0.3) is 0 Å². The minimum absolute atomic E-state index is 0.140. The molecule has 0 aliphatic carbocycles. The molecule has 2 N–H and O–H groups in total. The molecule has 3 aliphatic heterocycles. The minimum Gasteiger partial charge on any atom is -0.373 e. The van der Waals surface area contributed by atoms with Crippen LogP contribution in [0.25, 0.3) is 0 Å². The second kappa shape index (κ2) is 5.74. The van der Waals surface area contributed by atoms with Crippen LogP contribution < -0.4 is 10.6 Å². The highest BCUT2D eigenvalue weighted by Gasteiger charge is 2.37. The number of aliphatic imine (C=N–C) groups is 1. The molecule has 3 aliphatic rings. The smallest absolute Gasteiger partial charge is 0.222 e. The molecule has 20 heavy (non-hydrogen) atoms. The first-order chi connectivity index (χ1) is 9.69. The normalized spacial score (nSPS) is 32.5. The van der Waals surface area contributed by atoms with E-state index in [-0.39, 0.29) is 11.9 Å². The van der Waals surface area contributed by atoms with Gasteiger partial charge in [0.05, 0.1) is 11.1 Å². The molecule has 5 nitrogen and oxygen atoms in total. The van der Waals surface area contributed by atoms with Crippen molar-refractivity contribution in [1.29, 1.82) is 0 Å². The number of nitrogens with one attached hydrogen (secondary N) is 2. The topological polar surface area (TPSA) is 56.7 Å². The Morgan fingerprint density at radius 2 is 2.45 bits per heavy atom. The molecule has 3 atom stereocenters. The summed E-state index contributed by atoms with van der Waals surface area (Å²) in [5.41, 5.74) is 0. The van der Waals surface area contributed by atoms with E-state index < -0.39 is 0 Å². The number of likely N-dealkylation sites (tertiary alicyclic amines) is 1. The van der Waals surface area contributed by atoms with Gasteiger partial charge in [-0.2, -0.15) is 0 Å². The van der Waals surface area contributed by atoms with Crippen molar-refractivity contribution in [3.63, 3.8) is 0 Å². The number of hydrogen-bond donors (Lipinski definition) is 2. The van der Waals surface area contributed by atoms with Crippen LogP contribution in [0.1, 0.15) is 26.2 Å². The number of rotatable bonds is 3. The fourth-order valence-corrected chi connectivity index (χ4v) is 3.55. The van der Waals surface area contributed by atoms with Gasteiger partial charge in [0.15, 0.2) is 0 Å². The summed E-state index contributed by atoms with van der Waals surface area (Å²) in [6, 6.07) is 0.471. The van der Waals surface area contributed by atoms with Gasteiger partial charge in [0.1, 0.15) is 5.84 Å². The Bertz CT molecular complexity index is 462. The van der Waals surface area contributed by atoms with E-state index in [0.717, 1.165) is 43.3 Å². The number of nitrogens with zero attached hydrogens (tertiary/aromatic N) is 2. The van der Waals surface area contributed by atoms with Crippen molar-refractivity contribution >= 4 is 23.3 Å². The Kier molecular flexibility index (Phi) is 3.98. The van der Waals surface area contributed by atoms with Crippen molar-refractivity contribution in [3.05, 3.63) is 11.2 Å². The van der Waals surface area contributed by atoms with Gasteiger partial charge in [-0.15, -0.1) is 0 Å². The van der Waals surface area contributed by atoms with Gasteiger partial charge in [0, 0.05) is 44.2 Å². The summed E-state index contributed by atoms with van der Waals surface area (Å²) >= 11 is 6.34. The fraction of sp³-hybridized carbons (Fsp3) is 0.714. The summed E-state index contributed by atoms with van der Waals surface area (Å²) in [6.07, 6.45) is 4.39. The van der Waals surface area contributed by atoms with E-state index in [4.69, 9.17) is 11.6 Å². The average Bonchev–Trinajstić information content (AvgIpc) is 3.10. The molecule has 2 saturated heterocycles. The van der Waals surface area contributed by atoms with Gasteiger partial charge in [0.2, 0.25) is 5.91 Å². The van der Waals surface area contributed by atoms with Gasteiger partial charge in [-0.1, -0.05) is 18.5 Å². The number of halogens is 1. The SMILES string of the molecule is CCC(=O)N1CC[C@H](NC2C(Cl)=CN=C3NCCC32)C1. The van der Waals surface area contributed by atoms with Crippen LogP contribution in [-0.2, 0) is 4.79 Å². The molecule has 110 valence electrons. The van der Waals surface area contributed by atoms with E-state index >= 15 is 0 Å². The lowest BCUT2D eigenvalue weighted by Gasteiger charge is -2.29. The average molecular weight is 297 g/mol. The highest BCUT2D eigenvalue weighted by Crippen LogP contribution is 2.28. The number of hydrogen-bond acceptors (Lipinski definition) is 4. The standard InChI is InChI=1S/C14H21ClN4O/c1-2-12(20)19-6-4-9(8-19)18-13-10-3-5-16-14(10)17-7-11(13)15/h7,9-10,13,18H,2-6,8H2,1H3,(H,16,17)/t9-,10?,13?/m0/s1. The number of carbonyl (C=O) groups is 1. The summed E-state index contributed by atoms with van der Waals surface area (Å²) in [5.74, 6) is 1.64. The molecule has 0 aromatic rings. The van der Waals surface area contributed by atoms with Crippen LogP contribution in [0.5, 0.6) is 0 Å². The Hall–Kier alpha value is -1.07. The number of fused-ring (bicyclic) bond motifs is 1. The van der Waals surface area contributed by atoms with Crippen LogP contribution in [-0.4, -0.2) is 48.4 Å². The summed E-state index contributed by atoms with van der Waals surface area (Å²) < 4.78 is 0. The van der Waals surface area contributed by atoms with Gasteiger partial charge in [-0.3, -0.25) is 4.79 Å². The lowest BCUT2D eigenvalue weighted by atomic mass is 9.95. The molecule has 0 saturated carbocycles.